The molecule has 0 spiro atoms. The Kier molecular flexibility index (Phi) is 6.15. The van der Waals surface area contributed by atoms with E-state index in [1.807, 2.05) is 31.4 Å². The summed E-state index contributed by atoms with van der Waals surface area (Å²) >= 11 is 0. The van der Waals surface area contributed by atoms with Crippen LogP contribution in [0.5, 0.6) is 0 Å². The zero-order valence-corrected chi connectivity index (χ0v) is 16.8. The maximum absolute atomic E-state index is 13.5. The first-order valence-electron chi connectivity index (χ1n) is 10.3. The Balaban J connectivity index is 1.45. The van der Waals surface area contributed by atoms with Gasteiger partial charge in [-0.05, 0) is 55.3 Å². The molecule has 0 unspecified atom stereocenters. The average molecular weight is 391 g/mol. The lowest BCUT2D eigenvalue weighted by atomic mass is 9.93. The first-order chi connectivity index (χ1) is 14.2. The lowest BCUT2D eigenvalue weighted by Gasteiger charge is -2.33. The van der Waals surface area contributed by atoms with Crippen molar-refractivity contribution in [3.63, 3.8) is 0 Å². The molecule has 0 radical (unpaired) electrons. The van der Waals surface area contributed by atoms with Crippen molar-refractivity contribution < 1.29 is 4.39 Å². The Bertz CT molecular complexity index is 959. The molecule has 0 bridgehead atoms. The third-order valence-electron chi connectivity index (χ3n) is 5.55. The summed E-state index contributed by atoms with van der Waals surface area (Å²) in [5.74, 6) is 1.17. The van der Waals surface area contributed by atoms with Crippen LogP contribution in [0.1, 0.15) is 41.3 Å². The second-order valence-electron chi connectivity index (χ2n) is 7.70. The van der Waals surface area contributed by atoms with Crippen LogP contribution >= 0.6 is 0 Å². The third kappa shape index (κ3) is 4.98. The Morgan fingerprint density at radius 2 is 2.03 bits per heavy atom. The molecule has 3 heterocycles. The van der Waals surface area contributed by atoms with Crippen molar-refractivity contribution >= 4 is 5.82 Å². The highest BCUT2D eigenvalue weighted by Crippen LogP contribution is 2.28. The fourth-order valence-corrected chi connectivity index (χ4v) is 4.15. The molecule has 4 rings (SSSR count). The summed E-state index contributed by atoms with van der Waals surface area (Å²) in [7, 11) is 1.92. The number of aromatic nitrogens is 2. The lowest BCUT2D eigenvalue weighted by molar-refractivity contribution is 0.198. The minimum absolute atomic E-state index is 0.196. The maximum Gasteiger partial charge on any atom is 0.130 e. The summed E-state index contributed by atoms with van der Waals surface area (Å²) in [6, 6.07) is 17.1. The topological polar surface area (TPSA) is 41.1 Å². The van der Waals surface area contributed by atoms with Gasteiger partial charge in [-0.25, -0.2) is 9.37 Å². The van der Waals surface area contributed by atoms with Gasteiger partial charge in [0.15, 0.2) is 0 Å². The van der Waals surface area contributed by atoms with Crippen LogP contribution in [-0.2, 0) is 13.0 Å². The smallest absolute Gasteiger partial charge is 0.130 e. The molecule has 5 heteroatoms. The van der Waals surface area contributed by atoms with E-state index < -0.39 is 0 Å². The number of hydrogen-bond acceptors (Lipinski definition) is 4. The van der Waals surface area contributed by atoms with Crippen LogP contribution < -0.4 is 5.32 Å². The van der Waals surface area contributed by atoms with Gasteiger partial charge in [0.2, 0.25) is 0 Å². The van der Waals surface area contributed by atoms with E-state index in [-0.39, 0.29) is 5.82 Å². The number of piperidine rings is 1. The summed E-state index contributed by atoms with van der Waals surface area (Å²) in [6.07, 6.45) is 4.79. The molecule has 1 aliphatic heterocycles. The number of nitrogens with one attached hydrogen (secondary N) is 1. The van der Waals surface area contributed by atoms with E-state index >= 15 is 0 Å². The molecule has 4 nitrogen and oxygen atoms in total. The molecule has 2 aromatic heterocycles. The van der Waals surface area contributed by atoms with Crippen molar-refractivity contribution in [1.82, 2.24) is 14.9 Å². The highest BCUT2D eigenvalue weighted by atomic mass is 19.1. The molecule has 1 aromatic carbocycles. The minimum Gasteiger partial charge on any atom is -0.373 e. The van der Waals surface area contributed by atoms with Crippen LogP contribution in [0.25, 0.3) is 0 Å². The molecule has 150 valence electrons. The number of likely N-dealkylation sites (tertiary alicyclic amines) is 1. The molecule has 29 heavy (non-hydrogen) atoms. The van der Waals surface area contributed by atoms with Crippen molar-refractivity contribution in [2.24, 2.45) is 0 Å². The van der Waals surface area contributed by atoms with Gasteiger partial charge in [-0.1, -0.05) is 24.3 Å². The fraction of sp³-hybridized carbons (Fsp3) is 0.333. The molecule has 0 saturated carbocycles. The molecule has 3 aromatic rings. The Morgan fingerprint density at radius 1 is 1.14 bits per heavy atom. The van der Waals surface area contributed by atoms with E-state index in [9.17, 15) is 4.39 Å². The van der Waals surface area contributed by atoms with Gasteiger partial charge in [-0.15, -0.1) is 0 Å². The molecule has 0 amide bonds. The SMILES string of the molecule is CNc1ncccc1CN1CCC[C@@H](c2cccc(Cc3cccc(F)c3)n2)C1. The normalized spacial score (nSPS) is 17.2. The van der Waals surface area contributed by atoms with E-state index in [1.54, 1.807) is 12.1 Å². The summed E-state index contributed by atoms with van der Waals surface area (Å²) in [5.41, 5.74) is 4.32. The average Bonchev–Trinajstić information content (AvgIpc) is 2.75. The van der Waals surface area contributed by atoms with E-state index in [0.717, 1.165) is 55.2 Å². The zero-order valence-electron chi connectivity index (χ0n) is 16.8. The molecule has 1 fully saturated rings. The molecule has 0 aliphatic carbocycles. The number of nitrogens with zero attached hydrogens (tertiary/aromatic N) is 3. The fourth-order valence-electron chi connectivity index (χ4n) is 4.15. The summed E-state index contributed by atoms with van der Waals surface area (Å²) in [6.45, 7) is 2.98. The van der Waals surface area contributed by atoms with Crippen molar-refractivity contribution in [2.75, 3.05) is 25.5 Å². The van der Waals surface area contributed by atoms with Crippen LogP contribution in [0.4, 0.5) is 10.2 Å². The summed E-state index contributed by atoms with van der Waals surface area (Å²) < 4.78 is 13.5. The number of rotatable bonds is 6. The Labute approximate surface area is 171 Å². The maximum atomic E-state index is 13.5. The zero-order chi connectivity index (χ0) is 20.1. The highest BCUT2D eigenvalue weighted by Gasteiger charge is 2.23. The Hall–Kier alpha value is -2.79. The van der Waals surface area contributed by atoms with Gasteiger partial charge in [0.1, 0.15) is 11.6 Å². The molecule has 1 aliphatic rings. The minimum atomic E-state index is -0.196. The van der Waals surface area contributed by atoms with Crippen molar-refractivity contribution in [1.29, 1.82) is 0 Å². The van der Waals surface area contributed by atoms with Crippen molar-refractivity contribution in [3.05, 3.63) is 89.1 Å². The van der Waals surface area contributed by atoms with Gasteiger partial charge >= 0.3 is 0 Å². The number of halogens is 1. The standard InChI is InChI=1S/C24H27FN4/c1-26-24-20(7-4-12-27-24)17-29-13-5-8-19(16-29)23-11-3-10-22(28-23)15-18-6-2-9-21(25)14-18/h2-4,6-7,9-12,14,19H,5,8,13,15-17H2,1H3,(H,26,27)/t19-/m1/s1. The highest BCUT2D eigenvalue weighted by molar-refractivity contribution is 5.42. The predicted molar refractivity (Wildman–Crippen MR) is 114 cm³/mol. The quantitative estimate of drug-likeness (QED) is 0.666. The van der Waals surface area contributed by atoms with Gasteiger partial charge in [-0.2, -0.15) is 0 Å². The van der Waals surface area contributed by atoms with Crippen molar-refractivity contribution in [2.45, 2.75) is 31.7 Å². The van der Waals surface area contributed by atoms with Crippen molar-refractivity contribution in [3.8, 4) is 0 Å². The molecular weight excluding hydrogens is 363 g/mol. The van der Waals surface area contributed by atoms with Gasteiger partial charge in [0.25, 0.3) is 0 Å². The predicted octanol–water partition coefficient (Wildman–Crippen LogP) is 4.63. The van der Waals surface area contributed by atoms with E-state index in [4.69, 9.17) is 4.98 Å². The largest absolute Gasteiger partial charge is 0.373 e. The molecule has 1 atom stereocenters. The van der Waals surface area contributed by atoms with Gasteiger partial charge < -0.3 is 5.32 Å². The monoisotopic (exact) mass is 390 g/mol. The first kappa shape index (κ1) is 19.5. The van der Waals surface area contributed by atoms with Crippen LogP contribution in [-0.4, -0.2) is 35.0 Å². The van der Waals surface area contributed by atoms with Crippen LogP contribution in [0.2, 0.25) is 0 Å². The van der Waals surface area contributed by atoms with Crippen LogP contribution in [0.3, 0.4) is 0 Å². The second kappa shape index (κ2) is 9.14. The lowest BCUT2D eigenvalue weighted by Crippen LogP contribution is -2.34. The first-order valence-corrected chi connectivity index (χ1v) is 10.3. The third-order valence-corrected chi connectivity index (χ3v) is 5.55. The van der Waals surface area contributed by atoms with Crippen LogP contribution in [0, 0.1) is 5.82 Å². The van der Waals surface area contributed by atoms with E-state index in [0.29, 0.717) is 12.3 Å². The molecular formula is C24H27FN4. The molecule has 1 N–H and O–H groups in total. The van der Waals surface area contributed by atoms with Crippen LogP contribution in [0.15, 0.2) is 60.8 Å². The summed E-state index contributed by atoms with van der Waals surface area (Å²) in [5, 5.41) is 3.19. The second-order valence-corrected chi connectivity index (χ2v) is 7.70. The number of pyridine rings is 2. The Morgan fingerprint density at radius 3 is 2.90 bits per heavy atom. The number of hydrogen-bond donors (Lipinski definition) is 1. The van der Waals surface area contributed by atoms with Gasteiger partial charge in [-0.3, -0.25) is 9.88 Å². The van der Waals surface area contributed by atoms with Gasteiger partial charge in [0.05, 0.1) is 0 Å². The number of benzene rings is 1. The summed E-state index contributed by atoms with van der Waals surface area (Å²) in [4.78, 5) is 11.8. The van der Waals surface area contributed by atoms with Gasteiger partial charge in [0, 0.05) is 55.6 Å². The van der Waals surface area contributed by atoms with E-state index in [1.165, 1.54) is 11.6 Å². The van der Waals surface area contributed by atoms with E-state index in [2.05, 4.69) is 33.4 Å². The molecule has 1 saturated heterocycles. The number of anilines is 1.